The van der Waals surface area contributed by atoms with Gasteiger partial charge < -0.3 is 15.2 Å². The Hall–Kier alpha value is -3.34. The van der Waals surface area contributed by atoms with Gasteiger partial charge in [-0.1, -0.05) is 35.5 Å². The van der Waals surface area contributed by atoms with Gasteiger partial charge in [0.05, 0.1) is 17.4 Å². The summed E-state index contributed by atoms with van der Waals surface area (Å²) in [5, 5.41) is 14.1. The lowest BCUT2D eigenvalue weighted by Crippen LogP contribution is -2.28. The molecule has 7 nitrogen and oxygen atoms in total. The number of hydrogen-bond donors (Lipinski definition) is 2. The molecule has 2 amide bonds. The smallest absolute Gasteiger partial charge is 0.342 e. The van der Waals surface area contributed by atoms with Gasteiger partial charge in [-0.2, -0.15) is 13.2 Å². The van der Waals surface area contributed by atoms with Crippen LogP contribution in [0.2, 0.25) is 0 Å². The van der Waals surface area contributed by atoms with Crippen molar-refractivity contribution < 1.29 is 22.8 Å². The van der Waals surface area contributed by atoms with Crippen molar-refractivity contribution in [1.82, 2.24) is 20.1 Å². The monoisotopic (exact) mass is 491 g/mol. The number of hydrogen-bond acceptors (Lipinski definition) is 5. The van der Waals surface area contributed by atoms with Crippen LogP contribution in [0.1, 0.15) is 47.2 Å². The molecule has 2 N–H and O–H groups in total. The maximum Gasteiger partial charge on any atom is 0.416 e. The fourth-order valence-electron chi connectivity index (χ4n) is 3.17. The molecule has 0 spiro atoms. The summed E-state index contributed by atoms with van der Waals surface area (Å²) in [7, 11) is 0. The number of thioether (sulfide) groups is 1. The van der Waals surface area contributed by atoms with Gasteiger partial charge in [-0.25, -0.2) is 0 Å². The third-order valence-corrected chi connectivity index (χ3v) is 5.88. The highest BCUT2D eigenvalue weighted by atomic mass is 32.2. The fraction of sp³-hybridized carbons (Fsp3) is 0.304. The molecule has 3 rings (SSSR count). The molecule has 2 aromatic carbocycles. The normalized spacial score (nSPS) is 12.3. The van der Waals surface area contributed by atoms with Crippen molar-refractivity contribution in [3.63, 3.8) is 0 Å². The van der Waals surface area contributed by atoms with Crippen molar-refractivity contribution in [2.45, 2.75) is 44.7 Å². The van der Waals surface area contributed by atoms with Crippen LogP contribution < -0.4 is 10.6 Å². The lowest BCUT2D eigenvalue weighted by molar-refractivity contribution is -0.137. The van der Waals surface area contributed by atoms with E-state index in [2.05, 4.69) is 20.8 Å². The quantitative estimate of drug-likeness (QED) is 0.440. The molecule has 0 bridgehead atoms. The molecule has 0 fully saturated rings. The largest absolute Gasteiger partial charge is 0.416 e. The molecule has 180 valence electrons. The van der Waals surface area contributed by atoms with Crippen LogP contribution in [0.4, 0.5) is 18.9 Å². The van der Waals surface area contributed by atoms with Crippen molar-refractivity contribution >= 4 is 29.3 Å². The van der Waals surface area contributed by atoms with Crippen LogP contribution in [0.25, 0.3) is 0 Å². The minimum Gasteiger partial charge on any atom is -0.342 e. The first-order chi connectivity index (χ1) is 16.1. The van der Waals surface area contributed by atoms with Crippen LogP contribution in [0.5, 0.6) is 0 Å². The van der Waals surface area contributed by atoms with Gasteiger partial charge in [-0.05, 0) is 51.1 Å². The number of aryl methyl sites for hydroxylation is 1. The summed E-state index contributed by atoms with van der Waals surface area (Å²) in [6, 6.07) is 11.2. The van der Waals surface area contributed by atoms with Crippen LogP contribution in [0, 0.1) is 6.92 Å². The second kappa shape index (κ2) is 10.7. The van der Waals surface area contributed by atoms with E-state index in [4.69, 9.17) is 0 Å². The number of alkyl halides is 3. The Morgan fingerprint density at radius 2 is 1.82 bits per heavy atom. The van der Waals surface area contributed by atoms with Gasteiger partial charge >= 0.3 is 6.18 Å². The van der Waals surface area contributed by atoms with E-state index in [-0.39, 0.29) is 17.3 Å². The first-order valence-corrected chi connectivity index (χ1v) is 11.5. The maximum absolute atomic E-state index is 12.9. The number of anilines is 1. The van der Waals surface area contributed by atoms with E-state index in [9.17, 15) is 22.8 Å². The summed E-state index contributed by atoms with van der Waals surface area (Å²) in [4.78, 5) is 24.8. The second-order valence-electron chi connectivity index (χ2n) is 7.56. The summed E-state index contributed by atoms with van der Waals surface area (Å²) < 4.78 is 40.3. The Morgan fingerprint density at radius 1 is 1.12 bits per heavy atom. The number of nitrogens with one attached hydrogen (secondary N) is 2. The summed E-state index contributed by atoms with van der Waals surface area (Å²) >= 11 is 1.11. The molecule has 1 atom stereocenters. The van der Waals surface area contributed by atoms with Crippen LogP contribution >= 0.6 is 11.8 Å². The topological polar surface area (TPSA) is 88.9 Å². The number of carbonyl (C=O) groups excluding carboxylic acids is 2. The average molecular weight is 492 g/mol. The summed E-state index contributed by atoms with van der Waals surface area (Å²) in [6.45, 7) is 6.11. The predicted molar refractivity (Wildman–Crippen MR) is 124 cm³/mol. The van der Waals surface area contributed by atoms with Gasteiger partial charge in [0.1, 0.15) is 0 Å². The molecular weight excluding hydrogens is 467 g/mol. The molecule has 0 aliphatic rings. The standard InChI is InChI=1S/C23H24F3N5O2S/c1-4-31-20(15(3)27-21(33)16-10-8-14(2)9-11-16)29-30-22(31)34-13-19(32)28-18-7-5-6-17(12-18)23(24,25)26/h5-12,15H,4,13H2,1-3H3,(H,27,33)(H,28,32)/t15-/m0/s1. The van der Waals surface area contributed by atoms with Crippen molar-refractivity contribution in [3.8, 4) is 0 Å². The van der Waals surface area contributed by atoms with Gasteiger partial charge in [0.25, 0.3) is 5.91 Å². The summed E-state index contributed by atoms with van der Waals surface area (Å²) in [5.41, 5.74) is 0.801. The molecule has 0 saturated carbocycles. The third kappa shape index (κ3) is 6.37. The average Bonchev–Trinajstić information content (AvgIpc) is 3.21. The fourth-order valence-corrected chi connectivity index (χ4v) is 3.98. The lowest BCUT2D eigenvalue weighted by atomic mass is 10.1. The van der Waals surface area contributed by atoms with Gasteiger partial charge in [-0.15, -0.1) is 10.2 Å². The zero-order chi connectivity index (χ0) is 24.9. The van der Waals surface area contributed by atoms with Crippen LogP contribution in [0.3, 0.4) is 0 Å². The van der Waals surface area contributed by atoms with Crippen molar-refractivity contribution in [2.75, 3.05) is 11.1 Å². The number of halogens is 3. The first-order valence-electron chi connectivity index (χ1n) is 10.5. The van der Waals surface area contributed by atoms with Crippen molar-refractivity contribution in [1.29, 1.82) is 0 Å². The van der Waals surface area contributed by atoms with Crippen LogP contribution in [-0.2, 0) is 17.5 Å². The molecular formula is C23H24F3N5O2S. The number of aromatic nitrogens is 3. The van der Waals surface area contributed by atoms with E-state index in [0.29, 0.717) is 23.1 Å². The molecule has 0 aliphatic carbocycles. The molecule has 3 aromatic rings. The van der Waals surface area contributed by atoms with Gasteiger partial charge in [-0.3, -0.25) is 9.59 Å². The van der Waals surface area contributed by atoms with E-state index < -0.39 is 23.7 Å². The van der Waals surface area contributed by atoms with E-state index in [0.717, 1.165) is 29.5 Å². The molecule has 11 heteroatoms. The molecule has 0 aliphatic heterocycles. The number of rotatable bonds is 8. The molecule has 34 heavy (non-hydrogen) atoms. The second-order valence-corrected chi connectivity index (χ2v) is 8.50. The first kappa shape index (κ1) is 25.3. The Balaban J connectivity index is 1.62. The number of amides is 2. The Labute approximate surface area is 199 Å². The Kier molecular flexibility index (Phi) is 7.98. The molecule has 1 heterocycles. The van der Waals surface area contributed by atoms with Gasteiger partial charge in [0.15, 0.2) is 11.0 Å². The van der Waals surface area contributed by atoms with Crippen molar-refractivity contribution in [2.24, 2.45) is 0 Å². The third-order valence-electron chi connectivity index (χ3n) is 4.92. The van der Waals surface area contributed by atoms with E-state index >= 15 is 0 Å². The minimum atomic E-state index is -4.49. The number of carbonyl (C=O) groups is 2. The predicted octanol–water partition coefficient (Wildman–Crippen LogP) is 4.85. The summed E-state index contributed by atoms with van der Waals surface area (Å²) in [5.74, 6) is -0.257. The van der Waals surface area contributed by atoms with Gasteiger partial charge in [0, 0.05) is 17.8 Å². The zero-order valence-electron chi connectivity index (χ0n) is 18.8. The highest BCUT2D eigenvalue weighted by molar-refractivity contribution is 7.99. The molecule has 0 radical (unpaired) electrons. The van der Waals surface area contributed by atoms with Crippen LogP contribution in [-0.4, -0.2) is 32.3 Å². The number of benzene rings is 2. The lowest BCUT2D eigenvalue weighted by Gasteiger charge is -2.15. The molecule has 0 saturated heterocycles. The highest BCUT2D eigenvalue weighted by Crippen LogP contribution is 2.30. The van der Waals surface area contributed by atoms with Crippen molar-refractivity contribution in [3.05, 3.63) is 71.0 Å². The maximum atomic E-state index is 12.9. The van der Waals surface area contributed by atoms with E-state index in [1.54, 1.807) is 23.6 Å². The summed E-state index contributed by atoms with van der Waals surface area (Å²) in [6.07, 6.45) is -4.49. The Morgan fingerprint density at radius 3 is 2.47 bits per heavy atom. The van der Waals surface area contributed by atoms with E-state index in [1.165, 1.54) is 12.1 Å². The zero-order valence-corrected chi connectivity index (χ0v) is 19.6. The van der Waals surface area contributed by atoms with E-state index in [1.807, 2.05) is 26.0 Å². The van der Waals surface area contributed by atoms with Gasteiger partial charge in [0.2, 0.25) is 5.91 Å². The minimum absolute atomic E-state index is 0.0607. The molecule has 0 unspecified atom stereocenters. The number of nitrogens with zero attached hydrogens (tertiary/aromatic N) is 3. The molecule has 1 aromatic heterocycles. The highest BCUT2D eigenvalue weighted by Gasteiger charge is 2.30. The SMILES string of the molecule is CCn1c(SCC(=O)Nc2cccc(C(F)(F)F)c2)nnc1[C@H](C)NC(=O)c1ccc(C)cc1. The van der Waals surface area contributed by atoms with Crippen LogP contribution in [0.15, 0.2) is 53.7 Å². The Bertz CT molecular complexity index is 1160.